The van der Waals surface area contributed by atoms with Crippen LogP contribution in [0.4, 0.5) is 5.69 Å². The zero-order valence-corrected chi connectivity index (χ0v) is 13.0. The predicted molar refractivity (Wildman–Crippen MR) is 86.1 cm³/mol. The van der Waals surface area contributed by atoms with Crippen LogP contribution in [0.3, 0.4) is 0 Å². The SMILES string of the molecule is COc1ccc(CNC(C)c2ccc(C)c([N+](=O)[O-])c2)cc1. The smallest absolute Gasteiger partial charge is 0.272 e. The molecule has 0 saturated heterocycles. The minimum Gasteiger partial charge on any atom is -0.497 e. The zero-order chi connectivity index (χ0) is 16.1. The van der Waals surface area contributed by atoms with E-state index in [4.69, 9.17) is 4.74 Å². The molecular weight excluding hydrogens is 280 g/mol. The molecule has 116 valence electrons. The van der Waals surface area contributed by atoms with Crippen molar-refractivity contribution in [2.75, 3.05) is 7.11 Å². The Kier molecular flexibility index (Phi) is 5.12. The fourth-order valence-corrected chi connectivity index (χ4v) is 2.22. The lowest BCUT2D eigenvalue weighted by Gasteiger charge is -2.15. The summed E-state index contributed by atoms with van der Waals surface area (Å²) in [5.74, 6) is 0.825. The normalized spacial score (nSPS) is 12.0. The van der Waals surface area contributed by atoms with E-state index < -0.39 is 0 Å². The van der Waals surface area contributed by atoms with E-state index in [1.165, 1.54) is 0 Å². The molecule has 0 aromatic heterocycles. The van der Waals surface area contributed by atoms with Crippen molar-refractivity contribution in [1.29, 1.82) is 0 Å². The highest BCUT2D eigenvalue weighted by Gasteiger charge is 2.14. The second-order valence-corrected chi connectivity index (χ2v) is 5.25. The molecule has 0 heterocycles. The molecule has 0 spiro atoms. The third-order valence-electron chi connectivity index (χ3n) is 3.70. The van der Waals surface area contributed by atoms with Crippen LogP contribution in [-0.2, 0) is 6.54 Å². The van der Waals surface area contributed by atoms with E-state index in [-0.39, 0.29) is 16.7 Å². The molecule has 0 aliphatic heterocycles. The Morgan fingerprint density at radius 2 is 1.91 bits per heavy atom. The van der Waals surface area contributed by atoms with Gasteiger partial charge in [-0.25, -0.2) is 0 Å². The average molecular weight is 300 g/mol. The molecule has 0 saturated carbocycles. The summed E-state index contributed by atoms with van der Waals surface area (Å²) < 4.78 is 5.13. The van der Waals surface area contributed by atoms with E-state index in [9.17, 15) is 10.1 Å². The van der Waals surface area contributed by atoms with Crippen molar-refractivity contribution in [2.24, 2.45) is 0 Å². The molecule has 0 amide bonds. The van der Waals surface area contributed by atoms with Crippen LogP contribution in [0.25, 0.3) is 0 Å². The number of nitro benzene ring substituents is 1. The van der Waals surface area contributed by atoms with E-state index >= 15 is 0 Å². The van der Waals surface area contributed by atoms with Crippen molar-refractivity contribution in [3.05, 3.63) is 69.3 Å². The summed E-state index contributed by atoms with van der Waals surface area (Å²) in [4.78, 5) is 10.7. The van der Waals surface area contributed by atoms with Crippen LogP contribution >= 0.6 is 0 Å². The Labute approximate surface area is 130 Å². The van der Waals surface area contributed by atoms with Crippen LogP contribution in [0.15, 0.2) is 42.5 Å². The first-order valence-electron chi connectivity index (χ1n) is 7.12. The van der Waals surface area contributed by atoms with Crippen molar-refractivity contribution >= 4 is 5.69 Å². The lowest BCUT2D eigenvalue weighted by molar-refractivity contribution is -0.385. The third kappa shape index (κ3) is 3.83. The summed E-state index contributed by atoms with van der Waals surface area (Å²) >= 11 is 0. The first kappa shape index (κ1) is 16.0. The van der Waals surface area contributed by atoms with E-state index in [1.807, 2.05) is 37.3 Å². The maximum atomic E-state index is 11.0. The number of ether oxygens (including phenoxy) is 1. The first-order chi connectivity index (χ1) is 10.5. The van der Waals surface area contributed by atoms with Gasteiger partial charge in [0.15, 0.2) is 0 Å². The van der Waals surface area contributed by atoms with E-state index in [2.05, 4.69) is 5.32 Å². The molecule has 2 aromatic rings. The van der Waals surface area contributed by atoms with Crippen molar-refractivity contribution in [2.45, 2.75) is 26.4 Å². The number of rotatable bonds is 6. The summed E-state index contributed by atoms with van der Waals surface area (Å²) in [5.41, 5.74) is 2.88. The van der Waals surface area contributed by atoms with Gasteiger partial charge in [-0.3, -0.25) is 10.1 Å². The van der Waals surface area contributed by atoms with Gasteiger partial charge in [0.25, 0.3) is 5.69 Å². The number of nitro groups is 1. The molecule has 0 aliphatic carbocycles. The monoisotopic (exact) mass is 300 g/mol. The highest BCUT2D eigenvalue weighted by Crippen LogP contribution is 2.23. The Morgan fingerprint density at radius 1 is 1.23 bits per heavy atom. The maximum absolute atomic E-state index is 11.0. The molecule has 5 heteroatoms. The molecule has 0 aliphatic rings. The minimum atomic E-state index is -0.338. The number of aryl methyl sites for hydroxylation is 1. The van der Waals surface area contributed by atoms with E-state index in [0.717, 1.165) is 16.9 Å². The third-order valence-corrected chi connectivity index (χ3v) is 3.70. The van der Waals surface area contributed by atoms with Gasteiger partial charge in [-0.1, -0.05) is 24.3 Å². The molecule has 2 rings (SSSR count). The molecular formula is C17H20N2O3. The van der Waals surface area contributed by atoms with Crippen LogP contribution < -0.4 is 10.1 Å². The fraction of sp³-hybridized carbons (Fsp3) is 0.294. The van der Waals surface area contributed by atoms with Crippen LogP contribution in [0.2, 0.25) is 0 Å². The summed E-state index contributed by atoms with van der Waals surface area (Å²) in [6.07, 6.45) is 0. The minimum absolute atomic E-state index is 0.0291. The predicted octanol–water partition coefficient (Wildman–Crippen LogP) is 3.76. The Morgan fingerprint density at radius 3 is 2.50 bits per heavy atom. The topological polar surface area (TPSA) is 64.4 Å². The highest BCUT2D eigenvalue weighted by atomic mass is 16.6. The molecule has 1 N–H and O–H groups in total. The maximum Gasteiger partial charge on any atom is 0.272 e. The lowest BCUT2D eigenvalue weighted by Crippen LogP contribution is -2.18. The van der Waals surface area contributed by atoms with Gasteiger partial charge in [0.2, 0.25) is 0 Å². The molecule has 2 aromatic carbocycles. The Hall–Kier alpha value is -2.40. The standard InChI is InChI=1S/C17H20N2O3/c1-12-4-7-15(10-17(12)19(20)21)13(2)18-11-14-5-8-16(22-3)9-6-14/h4-10,13,18H,11H2,1-3H3. The molecule has 0 radical (unpaired) electrons. The van der Waals surface area contributed by atoms with Crippen molar-refractivity contribution < 1.29 is 9.66 Å². The zero-order valence-electron chi connectivity index (χ0n) is 13.0. The van der Waals surface area contributed by atoms with Gasteiger partial charge in [0, 0.05) is 24.2 Å². The molecule has 22 heavy (non-hydrogen) atoms. The number of benzene rings is 2. The second kappa shape index (κ2) is 7.04. The van der Waals surface area contributed by atoms with Gasteiger partial charge in [0.1, 0.15) is 5.75 Å². The van der Waals surface area contributed by atoms with Crippen molar-refractivity contribution in [1.82, 2.24) is 5.32 Å². The number of nitrogens with zero attached hydrogens (tertiary/aromatic N) is 1. The summed E-state index contributed by atoms with van der Waals surface area (Å²) in [6, 6.07) is 13.2. The number of hydrogen-bond acceptors (Lipinski definition) is 4. The highest BCUT2D eigenvalue weighted by molar-refractivity contribution is 5.43. The van der Waals surface area contributed by atoms with E-state index in [0.29, 0.717) is 12.1 Å². The van der Waals surface area contributed by atoms with Gasteiger partial charge in [-0.2, -0.15) is 0 Å². The van der Waals surface area contributed by atoms with Gasteiger partial charge in [0.05, 0.1) is 12.0 Å². The lowest BCUT2D eigenvalue weighted by atomic mass is 10.0. The largest absolute Gasteiger partial charge is 0.497 e. The van der Waals surface area contributed by atoms with Gasteiger partial charge < -0.3 is 10.1 Å². The fourth-order valence-electron chi connectivity index (χ4n) is 2.22. The van der Waals surface area contributed by atoms with Crippen LogP contribution in [0.1, 0.15) is 29.7 Å². The van der Waals surface area contributed by atoms with Crippen LogP contribution in [-0.4, -0.2) is 12.0 Å². The molecule has 0 bridgehead atoms. The molecule has 1 atom stereocenters. The van der Waals surface area contributed by atoms with Gasteiger partial charge >= 0.3 is 0 Å². The number of hydrogen-bond donors (Lipinski definition) is 1. The second-order valence-electron chi connectivity index (χ2n) is 5.25. The summed E-state index contributed by atoms with van der Waals surface area (Å²) in [6.45, 7) is 4.43. The first-order valence-corrected chi connectivity index (χ1v) is 7.12. The average Bonchev–Trinajstić information content (AvgIpc) is 2.53. The summed E-state index contributed by atoms with van der Waals surface area (Å²) in [5, 5.41) is 14.4. The van der Waals surface area contributed by atoms with Gasteiger partial charge in [-0.05, 0) is 37.1 Å². The molecule has 1 unspecified atom stereocenters. The van der Waals surface area contributed by atoms with Crippen LogP contribution in [0.5, 0.6) is 5.75 Å². The van der Waals surface area contributed by atoms with Gasteiger partial charge in [-0.15, -0.1) is 0 Å². The van der Waals surface area contributed by atoms with Crippen molar-refractivity contribution in [3.63, 3.8) is 0 Å². The Bertz CT molecular complexity index is 653. The van der Waals surface area contributed by atoms with Crippen LogP contribution in [0, 0.1) is 17.0 Å². The number of methoxy groups -OCH3 is 1. The molecule has 0 fully saturated rings. The number of nitrogens with one attached hydrogen (secondary N) is 1. The Balaban J connectivity index is 2.03. The van der Waals surface area contributed by atoms with E-state index in [1.54, 1.807) is 26.2 Å². The quantitative estimate of drug-likeness (QED) is 0.651. The van der Waals surface area contributed by atoms with Crippen molar-refractivity contribution in [3.8, 4) is 5.75 Å². The molecule has 5 nitrogen and oxygen atoms in total. The summed E-state index contributed by atoms with van der Waals surface area (Å²) in [7, 11) is 1.64.